The molecule has 2 spiro atoms. The van der Waals surface area contributed by atoms with Gasteiger partial charge in [0, 0.05) is 12.0 Å². The zero-order valence-electron chi connectivity index (χ0n) is 17.2. The molecule has 0 amide bonds. The number of epoxide rings is 1. The lowest BCUT2D eigenvalue weighted by atomic mass is 9.51. The van der Waals surface area contributed by atoms with Crippen LogP contribution in [0.1, 0.15) is 85.0 Å². The van der Waals surface area contributed by atoms with E-state index in [-0.39, 0.29) is 5.60 Å². The van der Waals surface area contributed by atoms with Gasteiger partial charge in [0.1, 0.15) is 0 Å². The SMILES string of the molecule is C=C1C[C@]2(CC[C@@]3(CCC[C@@H]3CO)C2)[C@@H]2O[C@]2(C)CC[C@@H]2[C@@H]1CC2(C)C. The first kappa shape index (κ1) is 17.7. The fourth-order valence-electron chi connectivity index (χ4n) is 8.39. The maximum Gasteiger partial charge on any atom is 0.0930 e. The van der Waals surface area contributed by atoms with E-state index in [1.807, 2.05) is 0 Å². The Balaban J connectivity index is 1.45. The average molecular weight is 359 g/mol. The van der Waals surface area contributed by atoms with E-state index < -0.39 is 0 Å². The van der Waals surface area contributed by atoms with Crippen molar-refractivity contribution >= 4 is 0 Å². The molecule has 26 heavy (non-hydrogen) atoms. The number of aliphatic hydroxyl groups excluding tert-OH is 1. The Hall–Kier alpha value is -0.340. The highest BCUT2D eigenvalue weighted by atomic mass is 16.6. The topological polar surface area (TPSA) is 32.8 Å². The monoisotopic (exact) mass is 358 g/mol. The van der Waals surface area contributed by atoms with Gasteiger partial charge in [-0.05, 0) is 93.3 Å². The first-order valence-corrected chi connectivity index (χ1v) is 11.2. The summed E-state index contributed by atoms with van der Waals surface area (Å²) in [7, 11) is 0. The van der Waals surface area contributed by atoms with Crippen molar-refractivity contribution in [3.8, 4) is 0 Å². The summed E-state index contributed by atoms with van der Waals surface area (Å²) in [6.45, 7) is 12.3. The second-order valence-electron chi connectivity index (χ2n) is 11.8. The summed E-state index contributed by atoms with van der Waals surface area (Å²) >= 11 is 0. The molecule has 1 N–H and O–H groups in total. The molecule has 5 rings (SSSR count). The summed E-state index contributed by atoms with van der Waals surface area (Å²) in [6, 6.07) is 0. The lowest BCUT2D eigenvalue weighted by molar-refractivity contribution is -0.00582. The molecule has 2 nitrogen and oxygen atoms in total. The molecule has 5 fully saturated rings. The van der Waals surface area contributed by atoms with Crippen molar-refractivity contribution in [2.75, 3.05) is 6.61 Å². The summed E-state index contributed by atoms with van der Waals surface area (Å²) in [5, 5.41) is 10.00. The molecule has 4 aliphatic carbocycles. The zero-order chi connectivity index (χ0) is 18.4. The van der Waals surface area contributed by atoms with Gasteiger partial charge in [-0.1, -0.05) is 32.4 Å². The highest BCUT2D eigenvalue weighted by molar-refractivity contribution is 5.24. The highest BCUT2D eigenvalue weighted by Crippen LogP contribution is 2.70. The Labute approximate surface area is 159 Å². The minimum atomic E-state index is 0.111. The fraction of sp³-hybridized carbons (Fsp3) is 0.917. The molecule has 1 saturated heterocycles. The molecule has 2 heteroatoms. The minimum absolute atomic E-state index is 0.111. The molecule has 7 atom stereocenters. The number of fused-ring (bicyclic) bond motifs is 3. The third-order valence-electron chi connectivity index (χ3n) is 9.87. The first-order chi connectivity index (χ1) is 12.2. The van der Waals surface area contributed by atoms with Gasteiger partial charge < -0.3 is 9.84 Å². The number of ether oxygens (including phenoxy) is 1. The van der Waals surface area contributed by atoms with Crippen LogP contribution >= 0.6 is 0 Å². The number of rotatable bonds is 1. The van der Waals surface area contributed by atoms with Crippen molar-refractivity contribution in [2.45, 2.75) is 96.7 Å². The van der Waals surface area contributed by atoms with Gasteiger partial charge in [0.15, 0.2) is 0 Å². The zero-order valence-corrected chi connectivity index (χ0v) is 17.2. The maximum absolute atomic E-state index is 10.00. The van der Waals surface area contributed by atoms with Crippen molar-refractivity contribution < 1.29 is 9.84 Å². The summed E-state index contributed by atoms with van der Waals surface area (Å²) < 4.78 is 6.51. The van der Waals surface area contributed by atoms with Gasteiger partial charge in [0.05, 0.1) is 11.7 Å². The second-order valence-corrected chi connectivity index (χ2v) is 11.8. The molecule has 0 aromatic heterocycles. The molecular weight excluding hydrogens is 320 g/mol. The number of aliphatic hydroxyl groups is 1. The minimum Gasteiger partial charge on any atom is -0.396 e. The van der Waals surface area contributed by atoms with Gasteiger partial charge >= 0.3 is 0 Å². The van der Waals surface area contributed by atoms with E-state index in [2.05, 4.69) is 27.4 Å². The number of hydrogen-bond donors (Lipinski definition) is 1. The normalized spacial score (nSPS) is 55.0. The van der Waals surface area contributed by atoms with Crippen molar-refractivity contribution in [2.24, 2.45) is 34.0 Å². The quantitative estimate of drug-likeness (QED) is 0.496. The summed E-state index contributed by atoms with van der Waals surface area (Å²) in [4.78, 5) is 0. The largest absolute Gasteiger partial charge is 0.396 e. The van der Waals surface area contributed by atoms with E-state index in [0.717, 1.165) is 11.8 Å². The Morgan fingerprint density at radius 1 is 1.08 bits per heavy atom. The van der Waals surface area contributed by atoms with Crippen LogP contribution in [0.15, 0.2) is 12.2 Å². The van der Waals surface area contributed by atoms with E-state index in [4.69, 9.17) is 4.74 Å². The van der Waals surface area contributed by atoms with Crippen LogP contribution < -0.4 is 0 Å². The van der Waals surface area contributed by atoms with Crippen LogP contribution in [0.2, 0.25) is 0 Å². The number of allylic oxidation sites excluding steroid dienone is 1. The smallest absolute Gasteiger partial charge is 0.0930 e. The summed E-state index contributed by atoms with van der Waals surface area (Å²) in [5.74, 6) is 2.08. The molecule has 1 aliphatic heterocycles. The maximum atomic E-state index is 10.00. The summed E-state index contributed by atoms with van der Waals surface area (Å²) in [5.41, 5.74) is 2.83. The molecule has 146 valence electrons. The number of hydrogen-bond acceptors (Lipinski definition) is 2. The molecule has 1 heterocycles. The van der Waals surface area contributed by atoms with Gasteiger partial charge in [0.2, 0.25) is 0 Å². The van der Waals surface area contributed by atoms with Gasteiger partial charge in [-0.3, -0.25) is 0 Å². The molecule has 5 aliphatic rings. The molecule has 0 radical (unpaired) electrons. The third kappa shape index (κ3) is 2.30. The summed E-state index contributed by atoms with van der Waals surface area (Å²) in [6.07, 6.45) is 13.2. The molecular formula is C24H38O2. The predicted octanol–water partition coefficient (Wildman–Crippen LogP) is 5.50. The van der Waals surface area contributed by atoms with Crippen molar-refractivity contribution in [3.63, 3.8) is 0 Å². The third-order valence-corrected chi connectivity index (χ3v) is 9.87. The Bertz CT molecular complexity index is 624. The van der Waals surface area contributed by atoms with E-state index >= 15 is 0 Å². The predicted molar refractivity (Wildman–Crippen MR) is 105 cm³/mol. The van der Waals surface area contributed by atoms with E-state index in [0.29, 0.717) is 34.9 Å². The van der Waals surface area contributed by atoms with Crippen LogP contribution in [0.25, 0.3) is 0 Å². The van der Waals surface area contributed by atoms with Crippen LogP contribution in [0, 0.1) is 34.0 Å². The Kier molecular flexibility index (Phi) is 3.67. The Morgan fingerprint density at radius 2 is 1.85 bits per heavy atom. The molecule has 0 aromatic carbocycles. The lowest BCUT2D eigenvalue weighted by Gasteiger charge is -2.53. The molecule has 4 saturated carbocycles. The van der Waals surface area contributed by atoms with E-state index in [1.165, 1.54) is 69.8 Å². The fourth-order valence-corrected chi connectivity index (χ4v) is 8.39. The van der Waals surface area contributed by atoms with Crippen LogP contribution in [0.4, 0.5) is 0 Å². The van der Waals surface area contributed by atoms with Crippen LogP contribution in [-0.2, 0) is 4.74 Å². The van der Waals surface area contributed by atoms with Gasteiger partial charge in [-0.25, -0.2) is 0 Å². The van der Waals surface area contributed by atoms with E-state index in [9.17, 15) is 5.11 Å². The molecule has 0 aromatic rings. The Morgan fingerprint density at radius 3 is 2.58 bits per heavy atom. The highest BCUT2D eigenvalue weighted by Gasteiger charge is 2.68. The average Bonchev–Trinajstić information content (AvgIpc) is 2.93. The van der Waals surface area contributed by atoms with Gasteiger partial charge in [-0.15, -0.1) is 0 Å². The lowest BCUT2D eigenvalue weighted by Crippen LogP contribution is -2.45. The second kappa shape index (κ2) is 5.38. The van der Waals surface area contributed by atoms with Crippen molar-refractivity contribution in [3.05, 3.63) is 12.2 Å². The van der Waals surface area contributed by atoms with Crippen LogP contribution in [0.5, 0.6) is 0 Å². The van der Waals surface area contributed by atoms with Crippen molar-refractivity contribution in [1.82, 2.24) is 0 Å². The standard InChI is InChI=1S/C24H38O2/c1-16-12-24(11-10-23(15-24)8-5-6-17(23)14-25)20-22(4,26-20)9-7-19-18(16)13-21(19,2)3/h17-20,25H,1,5-15H2,2-4H3/t17-,18-,19-,20-,22-,23+,24+/m1/s1. The van der Waals surface area contributed by atoms with Crippen molar-refractivity contribution in [1.29, 1.82) is 0 Å². The van der Waals surface area contributed by atoms with Crippen LogP contribution in [-0.4, -0.2) is 23.4 Å². The van der Waals surface area contributed by atoms with Crippen LogP contribution in [0.3, 0.4) is 0 Å². The van der Waals surface area contributed by atoms with Gasteiger partial charge in [-0.2, -0.15) is 0 Å². The molecule has 0 bridgehead atoms. The molecule has 0 unspecified atom stereocenters. The van der Waals surface area contributed by atoms with E-state index in [1.54, 1.807) is 0 Å². The first-order valence-electron chi connectivity index (χ1n) is 11.2. The van der Waals surface area contributed by atoms with Gasteiger partial charge in [0.25, 0.3) is 0 Å².